The molecule has 0 N–H and O–H groups in total. The third-order valence-corrected chi connectivity index (χ3v) is 5.33. The van der Waals surface area contributed by atoms with Gasteiger partial charge < -0.3 is 9.80 Å². The van der Waals surface area contributed by atoms with Crippen molar-refractivity contribution in [3.05, 3.63) is 0 Å². The van der Waals surface area contributed by atoms with Gasteiger partial charge in [0.2, 0.25) is 11.8 Å². The molecule has 0 aromatic heterocycles. The molecule has 0 unspecified atom stereocenters. The van der Waals surface area contributed by atoms with E-state index in [1.165, 1.54) is 17.7 Å². The van der Waals surface area contributed by atoms with Crippen molar-refractivity contribution < 1.29 is 22.8 Å². The molecule has 2 aliphatic heterocycles. The third-order valence-electron chi connectivity index (χ3n) is 5.33. The summed E-state index contributed by atoms with van der Waals surface area (Å²) < 4.78 is 36.8. The van der Waals surface area contributed by atoms with Crippen LogP contribution in [0.2, 0.25) is 0 Å². The molecule has 130 valence electrons. The molecule has 3 rings (SSSR count). The fraction of sp³-hybridized carbons (Fsp3) is 0.875. The molecule has 3 aliphatic rings. The fourth-order valence-corrected chi connectivity index (χ4v) is 3.81. The topological polar surface area (TPSA) is 40.6 Å². The van der Waals surface area contributed by atoms with E-state index in [0.29, 0.717) is 25.4 Å². The van der Waals surface area contributed by atoms with Gasteiger partial charge >= 0.3 is 6.18 Å². The SMILES string of the molecule is O=C(CCC(F)(F)F)N1CC[C@]2(CCCN(CC3CC3)C2=O)C1. The summed E-state index contributed by atoms with van der Waals surface area (Å²) in [4.78, 5) is 28.2. The van der Waals surface area contributed by atoms with Gasteiger partial charge in [-0.05, 0) is 38.0 Å². The van der Waals surface area contributed by atoms with Crippen molar-refractivity contribution in [2.75, 3.05) is 26.2 Å². The quantitative estimate of drug-likeness (QED) is 0.794. The van der Waals surface area contributed by atoms with Crippen molar-refractivity contribution in [3.63, 3.8) is 0 Å². The number of nitrogens with zero attached hydrogens (tertiary/aromatic N) is 2. The van der Waals surface area contributed by atoms with Gasteiger partial charge in [0.1, 0.15) is 0 Å². The molecule has 1 spiro atoms. The number of carbonyl (C=O) groups excluding carboxylic acids is 2. The lowest BCUT2D eigenvalue weighted by Gasteiger charge is -2.39. The second-order valence-electron chi connectivity index (χ2n) is 7.26. The number of alkyl halides is 3. The number of hydrogen-bond acceptors (Lipinski definition) is 2. The van der Waals surface area contributed by atoms with Gasteiger partial charge in [0.25, 0.3) is 0 Å². The molecule has 0 bridgehead atoms. The lowest BCUT2D eigenvalue weighted by atomic mass is 9.78. The first kappa shape index (κ1) is 16.6. The van der Waals surface area contributed by atoms with E-state index in [2.05, 4.69) is 0 Å². The number of hydrogen-bond donors (Lipinski definition) is 0. The molecule has 4 nitrogen and oxygen atoms in total. The number of rotatable bonds is 4. The summed E-state index contributed by atoms with van der Waals surface area (Å²) in [7, 11) is 0. The van der Waals surface area contributed by atoms with E-state index in [9.17, 15) is 22.8 Å². The second-order valence-corrected chi connectivity index (χ2v) is 7.26. The van der Waals surface area contributed by atoms with Gasteiger partial charge in [-0.25, -0.2) is 0 Å². The maximum atomic E-state index is 12.8. The van der Waals surface area contributed by atoms with Gasteiger partial charge in [0.15, 0.2) is 0 Å². The zero-order valence-corrected chi connectivity index (χ0v) is 13.2. The largest absolute Gasteiger partial charge is 0.389 e. The molecule has 23 heavy (non-hydrogen) atoms. The number of halogens is 3. The molecule has 2 saturated heterocycles. The predicted octanol–water partition coefficient (Wildman–Crippen LogP) is 2.58. The van der Waals surface area contributed by atoms with Gasteiger partial charge in [-0.3, -0.25) is 9.59 Å². The van der Waals surface area contributed by atoms with Crippen LogP contribution in [-0.4, -0.2) is 54.0 Å². The molecule has 1 aliphatic carbocycles. The lowest BCUT2D eigenvalue weighted by molar-refractivity contribution is -0.150. The molecule has 3 fully saturated rings. The van der Waals surface area contributed by atoms with Crippen LogP contribution in [0.15, 0.2) is 0 Å². The van der Waals surface area contributed by atoms with Crippen LogP contribution in [0.5, 0.6) is 0 Å². The first-order valence-corrected chi connectivity index (χ1v) is 8.43. The van der Waals surface area contributed by atoms with Crippen molar-refractivity contribution >= 4 is 11.8 Å². The normalized spacial score (nSPS) is 28.7. The Morgan fingerprint density at radius 1 is 1.22 bits per heavy atom. The minimum absolute atomic E-state index is 0.113. The average Bonchev–Trinajstić information content (AvgIpc) is 3.19. The highest BCUT2D eigenvalue weighted by molar-refractivity contribution is 5.86. The smallest absolute Gasteiger partial charge is 0.342 e. The maximum absolute atomic E-state index is 12.8. The fourth-order valence-electron chi connectivity index (χ4n) is 3.81. The number of amides is 2. The van der Waals surface area contributed by atoms with Crippen molar-refractivity contribution in [2.45, 2.75) is 51.1 Å². The minimum atomic E-state index is -4.31. The van der Waals surface area contributed by atoms with Crippen molar-refractivity contribution in [1.82, 2.24) is 9.80 Å². The Kier molecular flexibility index (Phi) is 4.31. The van der Waals surface area contributed by atoms with Crippen LogP contribution in [-0.2, 0) is 9.59 Å². The van der Waals surface area contributed by atoms with E-state index in [1.807, 2.05) is 4.90 Å². The molecule has 2 heterocycles. The van der Waals surface area contributed by atoms with Crippen molar-refractivity contribution in [1.29, 1.82) is 0 Å². The molecular formula is C16H23F3N2O2. The number of likely N-dealkylation sites (tertiary alicyclic amines) is 2. The summed E-state index contributed by atoms with van der Waals surface area (Å²) in [5, 5.41) is 0. The van der Waals surface area contributed by atoms with Crippen LogP contribution in [0.25, 0.3) is 0 Å². The van der Waals surface area contributed by atoms with Gasteiger partial charge in [-0.15, -0.1) is 0 Å². The summed E-state index contributed by atoms with van der Waals surface area (Å²) in [6.45, 7) is 2.28. The van der Waals surface area contributed by atoms with Crippen LogP contribution in [0.4, 0.5) is 13.2 Å². The molecular weight excluding hydrogens is 309 g/mol. The van der Waals surface area contributed by atoms with E-state index in [4.69, 9.17) is 0 Å². The highest BCUT2D eigenvalue weighted by Crippen LogP contribution is 2.42. The Balaban J connectivity index is 1.58. The van der Waals surface area contributed by atoms with Gasteiger partial charge in [0, 0.05) is 32.6 Å². The van der Waals surface area contributed by atoms with E-state index >= 15 is 0 Å². The van der Waals surface area contributed by atoms with Crippen LogP contribution in [0, 0.1) is 11.3 Å². The highest BCUT2D eigenvalue weighted by Gasteiger charge is 2.50. The standard InChI is InChI=1S/C16H23F3N2O2/c17-16(18,19)6-4-13(22)21-9-7-15(11-21)5-1-8-20(14(15)23)10-12-2-3-12/h12H,1-11H2/t15-/m1/s1. The van der Waals surface area contributed by atoms with Gasteiger partial charge in [-0.1, -0.05) is 0 Å². The third kappa shape index (κ3) is 3.80. The Bertz CT molecular complexity index is 490. The summed E-state index contributed by atoms with van der Waals surface area (Å²) >= 11 is 0. The molecule has 1 atom stereocenters. The monoisotopic (exact) mass is 332 g/mol. The average molecular weight is 332 g/mol. The number of carbonyl (C=O) groups is 2. The Hall–Kier alpha value is -1.27. The lowest BCUT2D eigenvalue weighted by Crippen LogP contribution is -2.51. The van der Waals surface area contributed by atoms with Gasteiger partial charge in [0.05, 0.1) is 11.8 Å². The Morgan fingerprint density at radius 2 is 1.96 bits per heavy atom. The minimum Gasteiger partial charge on any atom is -0.342 e. The van der Waals surface area contributed by atoms with Gasteiger partial charge in [-0.2, -0.15) is 13.2 Å². The molecule has 0 aromatic rings. The summed E-state index contributed by atoms with van der Waals surface area (Å²) in [5.41, 5.74) is -0.541. The zero-order chi connectivity index (χ0) is 16.7. The number of piperidine rings is 1. The highest BCUT2D eigenvalue weighted by atomic mass is 19.4. The first-order chi connectivity index (χ1) is 10.8. The molecule has 1 saturated carbocycles. The molecule has 0 radical (unpaired) electrons. The summed E-state index contributed by atoms with van der Waals surface area (Å²) in [6.07, 6.45) is -1.30. The van der Waals surface area contributed by atoms with Crippen molar-refractivity contribution in [3.8, 4) is 0 Å². The van der Waals surface area contributed by atoms with E-state index in [-0.39, 0.29) is 5.91 Å². The Labute approximate surface area is 134 Å². The zero-order valence-electron chi connectivity index (χ0n) is 13.2. The van der Waals surface area contributed by atoms with E-state index in [1.54, 1.807) is 0 Å². The van der Waals surface area contributed by atoms with E-state index in [0.717, 1.165) is 25.9 Å². The molecule has 2 amide bonds. The molecule has 7 heteroatoms. The van der Waals surface area contributed by atoms with Crippen LogP contribution >= 0.6 is 0 Å². The van der Waals surface area contributed by atoms with E-state index < -0.39 is 30.3 Å². The summed E-state index contributed by atoms with van der Waals surface area (Å²) in [6, 6.07) is 0. The van der Waals surface area contributed by atoms with Crippen LogP contribution in [0.3, 0.4) is 0 Å². The summed E-state index contributed by atoms with van der Waals surface area (Å²) in [5.74, 6) is 0.258. The Morgan fingerprint density at radius 3 is 2.61 bits per heavy atom. The first-order valence-electron chi connectivity index (χ1n) is 8.43. The van der Waals surface area contributed by atoms with Crippen LogP contribution in [0.1, 0.15) is 44.9 Å². The maximum Gasteiger partial charge on any atom is 0.389 e. The second kappa shape index (κ2) is 5.98. The molecule has 0 aromatic carbocycles. The predicted molar refractivity (Wildman–Crippen MR) is 77.5 cm³/mol. The van der Waals surface area contributed by atoms with Crippen molar-refractivity contribution in [2.24, 2.45) is 11.3 Å². The van der Waals surface area contributed by atoms with Crippen LogP contribution < -0.4 is 0 Å².